The van der Waals surface area contributed by atoms with Crippen LogP contribution in [0.15, 0.2) is 71.8 Å². The van der Waals surface area contributed by atoms with Gasteiger partial charge >= 0.3 is 0 Å². The van der Waals surface area contributed by atoms with Gasteiger partial charge in [0, 0.05) is 29.9 Å². The van der Waals surface area contributed by atoms with Gasteiger partial charge in [-0.3, -0.25) is 4.79 Å². The average molecular weight is 401 g/mol. The molecular weight excluding hydrogens is 378 g/mol. The van der Waals surface area contributed by atoms with E-state index < -0.39 is 0 Å². The molecule has 0 radical (unpaired) electrons. The molecule has 0 bridgehead atoms. The molecule has 152 valence electrons. The molecule has 1 heterocycles. The molecule has 6 nitrogen and oxygen atoms in total. The monoisotopic (exact) mass is 401 g/mol. The maximum Gasteiger partial charge on any atom is 0.271 e. The summed E-state index contributed by atoms with van der Waals surface area (Å²) in [6.07, 6.45) is 1.58. The molecule has 0 saturated carbocycles. The molecule has 30 heavy (non-hydrogen) atoms. The number of rotatable bonds is 6. The standard InChI is InChI=1S/C24H23N3O3/c1-29-22-11-9-21(10-12-22)27-15-19-8-7-17(13-20(19)16-27)24(28)26-25-14-18-5-3-4-6-23(18)30-2/h3-14H,15-16H2,1-2H3,(H,26,28)/b25-14-. The van der Waals surface area contributed by atoms with E-state index >= 15 is 0 Å². The van der Waals surface area contributed by atoms with Crippen LogP contribution in [0.5, 0.6) is 11.5 Å². The molecule has 0 aromatic heterocycles. The maximum absolute atomic E-state index is 12.5. The maximum atomic E-state index is 12.5. The summed E-state index contributed by atoms with van der Waals surface area (Å²) < 4.78 is 10.5. The molecule has 0 saturated heterocycles. The molecule has 3 aromatic carbocycles. The fraction of sp³-hybridized carbons (Fsp3) is 0.167. The summed E-state index contributed by atoms with van der Waals surface area (Å²) in [5, 5.41) is 4.07. The Morgan fingerprint density at radius 2 is 1.73 bits per heavy atom. The highest BCUT2D eigenvalue weighted by Gasteiger charge is 2.20. The number of nitrogens with zero attached hydrogens (tertiary/aromatic N) is 2. The lowest BCUT2D eigenvalue weighted by Crippen LogP contribution is -2.18. The Morgan fingerprint density at radius 3 is 2.50 bits per heavy atom. The van der Waals surface area contributed by atoms with Crippen molar-refractivity contribution >= 4 is 17.8 Å². The number of carbonyl (C=O) groups is 1. The minimum Gasteiger partial charge on any atom is -0.497 e. The number of benzene rings is 3. The van der Waals surface area contributed by atoms with E-state index in [4.69, 9.17) is 9.47 Å². The molecule has 6 heteroatoms. The fourth-order valence-corrected chi connectivity index (χ4v) is 3.51. The van der Waals surface area contributed by atoms with Crippen molar-refractivity contribution in [1.29, 1.82) is 0 Å². The van der Waals surface area contributed by atoms with Crippen molar-refractivity contribution in [3.05, 3.63) is 89.0 Å². The highest BCUT2D eigenvalue weighted by atomic mass is 16.5. The van der Waals surface area contributed by atoms with Crippen molar-refractivity contribution in [2.24, 2.45) is 5.10 Å². The van der Waals surface area contributed by atoms with Crippen LogP contribution in [-0.2, 0) is 13.1 Å². The number of hydrogen-bond donors (Lipinski definition) is 1. The number of methoxy groups -OCH3 is 2. The largest absolute Gasteiger partial charge is 0.497 e. The van der Waals surface area contributed by atoms with Crippen LogP contribution < -0.4 is 19.8 Å². The number of anilines is 1. The van der Waals surface area contributed by atoms with Gasteiger partial charge in [0.05, 0.1) is 20.4 Å². The van der Waals surface area contributed by atoms with Gasteiger partial charge in [-0.05, 0) is 59.7 Å². The number of ether oxygens (including phenoxy) is 2. The van der Waals surface area contributed by atoms with E-state index in [1.54, 1.807) is 20.4 Å². The van der Waals surface area contributed by atoms with Gasteiger partial charge in [0.15, 0.2) is 0 Å². The van der Waals surface area contributed by atoms with Crippen molar-refractivity contribution in [3.8, 4) is 11.5 Å². The fourth-order valence-electron chi connectivity index (χ4n) is 3.51. The predicted molar refractivity (Wildman–Crippen MR) is 117 cm³/mol. The lowest BCUT2D eigenvalue weighted by atomic mass is 10.1. The summed E-state index contributed by atoms with van der Waals surface area (Å²) >= 11 is 0. The first kappa shape index (κ1) is 19.5. The summed E-state index contributed by atoms with van der Waals surface area (Å²) in [6, 6.07) is 21.3. The zero-order chi connectivity index (χ0) is 20.9. The zero-order valence-corrected chi connectivity index (χ0v) is 17.0. The van der Waals surface area contributed by atoms with Crippen molar-refractivity contribution in [2.45, 2.75) is 13.1 Å². The minimum atomic E-state index is -0.244. The second kappa shape index (κ2) is 8.69. The second-order valence-corrected chi connectivity index (χ2v) is 6.98. The van der Waals surface area contributed by atoms with Gasteiger partial charge in [-0.2, -0.15) is 5.10 Å². The van der Waals surface area contributed by atoms with E-state index in [0.29, 0.717) is 11.3 Å². The Hall–Kier alpha value is -3.80. The molecule has 0 aliphatic carbocycles. The van der Waals surface area contributed by atoms with Crippen LogP contribution in [-0.4, -0.2) is 26.3 Å². The van der Waals surface area contributed by atoms with Crippen LogP contribution in [0.3, 0.4) is 0 Å². The number of hydrogen-bond acceptors (Lipinski definition) is 5. The van der Waals surface area contributed by atoms with E-state index in [1.165, 1.54) is 5.56 Å². The van der Waals surface area contributed by atoms with E-state index in [2.05, 4.69) is 15.4 Å². The normalized spacial score (nSPS) is 12.7. The Morgan fingerprint density at radius 1 is 0.967 bits per heavy atom. The van der Waals surface area contributed by atoms with E-state index in [0.717, 1.165) is 35.7 Å². The summed E-state index contributed by atoms with van der Waals surface area (Å²) in [4.78, 5) is 14.8. The first-order chi connectivity index (χ1) is 14.7. The Labute approximate surface area is 175 Å². The third-order valence-electron chi connectivity index (χ3n) is 5.14. The Kier molecular flexibility index (Phi) is 5.66. The number of carbonyl (C=O) groups excluding carboxylic acids is 1. The number of hydrazone groups is 1. The van der Waals surface area contributed by atoms with Gasteiger partial charge in [0.2, 0.25) is 0 Å². The van der Waals surface area contributed by atoms with Crippen LogP contribution in [0.1, 0.15) is 27.0 Å². The molecule has 1 amide bonds. The van der Waals surface area contributed by atoms with Gasteiger partial charge in [-0.1, -0.05) is 18.2 Å². The second-order valence-electron chi connectivity index (χ2n) is 6.98. The Balaban J connectivity index is 1.42. The molecule has 1 aliphatic rings. The predicted octanol–water partition coefficient (Wildman–Crippen LogP) is 3.99. The van der Waals surface area contributed by atoms with Crippen LogP contribution in [0.2, 0.25) is 0 Å². The molecule has 0 unspecified atom stereocenters. The SMILES string of the molecule is COc1ccc(N2Cc3ccc(C(=O)N/N=C\c4ccccc4OC)cc3C2)cc1. The lowest BCUT2D eigenvalue weighted by Gasteiger charge is -2.17. The van der Waals surface area contributed by atoms with Crippen LogP contribution in [0.25, 0.3) is 0 Å². The van der Waals surface area contributed by atoms with Gasteiger partial charge < -0.3 is 14.4 Å². The molecule has 0 atom stereocenters. The molecule has 0 spiro atoms. The summed E-state index contributed by atoms with van der Waals surface area (Å²) in [7, 11) is 3.26. The van der Waals surface area contributed by atoms with E-state index in [9.17, 15) is 4.79 Å². The highest BCUT2D eigenvalue weighted by Crippen LogP contribution is 2.30. The first-order valence-electron chi connectivity index (χ1n) is 9.65. The highest BCUT2D eigenvalue weighted by molar-refractivity contribution is 5.95. The van der Waals surface area contributed by atoms with Crippen molar-refractivity contribution in [3.63, 3.8) is 0 Å². The average Bonchev–Trinajstić information content (AvgIpc) is 3.22. The lowest BCUT2D eigenvalue weighted by molar-refractivity contribution is 0.0955. The molecule has 3 aromatic rings. The van der Waals surface area contributed by atoms with Gasteiger partial charge in [0.25, 0.3) is 5.91 Å². The van der Waals surface area contributed by atoms with E-state index in [-0.39, 0.29) is 5.91 Å². The number of para-hydroxylation sites is 1. The quantitative estimate of drug-likeness (QED) is 0.501. The molecule has 4 rings (SSSR count). The van der Waals surface area contributed by atoms with Crippen molar-refractivity contribution in [1.82, 2.24) is 5.43 Å². The number of amides is 1. The zero-order valence-electron chi connectivity index (χ0n) is 17.0. The number of fused-ring (bicyclic) bond motifs is 1. The van der Waals surface area contributed by atoms with Crippen molar-refractivity contribution in [2.75, 3.05) is 19.1 Å². The van der Waals surface area contributed by atoms with Gasteiger partial charge in [0.1, 0.15) is 11.5 Å². The smallest absolute Gasteiger partial charge is 0.271 e. The van der Waals surface area contributed by atoms with E-state index in [1.807, 2.05) is 66.7 Å². The van der Waals surface area contributed by atoms with Crippen molar-refractivity contribution < 1.29 is 14.3 Å². The molecule has 1 aliphatic heterocycles. The minimum absolute atomic E-state index is 0.244. The summed E-state index contributed by atoms with van der Waals surface area (Å²) in [5.41, 5.74) is 7.47. The topological polar surface area (TPSA) is 63.2 Å². The summed E-state index contributed by atoms with van der Waals surface area (Å²) in [6.45, 7) is 1.57. The number of nitrogens with one attached hydrogen (secondary N) is 1. The first-order valence-corrected chi connectivity index (χ1v) is 9.65. The van der Waals surface area contributed by atoms with Crippen LogP contribution >= 0.6 is 0 Å². The van der Waals surface area contributed by atoms with Crippen LogP contribution in [0.4, 0.5) is 5.69 Å². The van der Waals surface area contributed by atoms with Gasteiger partial charge in [-0.15, -0.1) is 0 Å². The third kappa shape index (κ3) is 4.12. The third-order valence-corrected chi connectivity index (χ3v) is 5.14. The molecule has 0 fully saturated rings. The Bertz CT molecular complexity index is 1080. The van der Waals surface area contributed by atoms with Gasteiger partial charge in [-0.25, -0.2) is 5.43 Å². The molecular formula is C24H23N3O3. The molecule has 1 N–H and O–H groups in total. The van der Waals surface area contributed by atoms with Crippen LogP contribution in [0, 0.1) is 0 Å². The summed E-state index contributed by atoms with van der Waals surface area (Å²) in [5.74, 6) is 1.29.